The number of benzene rings is 1. The van der Waals surface area contributed by atoms with Crippen LogP contribution in [-0.2, 0) is 16.0 Å². The molecule has 1 saturated heterocycles. The molecule has 1 aromatic carbocycles. The average molecular weight is 516 g/mol. The van der Waals surface area contributed by atoms with Crippen LogP contribution in [0.15, 0.2) is 28.7 Å². The van der Waals surface area contributed by atoms with E-state index in [1.807, 2.05) is 0 Å². The fourth-order valence-electron chi connectivity index (χ4n) is 6.63. The Balaban J connectivity index is 1.69. The predicted molar refractivity (Wildman–Crippen MR) is 128 cm³/mol. The molecule has 5 rings (SSSR count). The zero-order valence-corrected chi connectivity index (χ0v) is 20.5. The normalized spacial score (nSPS) is 31.5. The van der Waals surface area contributed by atoms with Crippen LogP contribution in [-0.4, -0.2) is 74.6 Å². The number of carbonyl (C=O) groups is 3. The third kappa shape index (κ3) is 3.37. The standard InChI is InChI=1S/C26H30FN3O7/c1-3-30(2)20-13-8-10-7-12-17(15(31)9-11(19(12)27)14-5-4-6-29-14)21(32)16(10)23(34)26(13,37)24(35)18(22(20)33)25(28)36/h9-10,13-14,20,29,31,33-34,37H,3-8H2,1-2H3,(H2,28,36)/t10-,13-,14?,20-,26-/m0/s1. The molecule has 1 amide bonds. The molecule has 10 nitrogen and oxygen atoms in total. The van der Waals surface area contributed by atoms with E-state index >= 15 is 4.39 Å². The number of nitrogens with two attached hydrogens (primary N) is 1. The number of hydrogen-bond acceptors (Lipinski definition) is 9. The van der Waals surface area contributed by atoms with Crippen molar-refractivity contribution in [2.45, 2.75) is 50.3 Å². The summed E-state index contributed by atoms with van der Waals surface area (Å²) in [5.41, 5.74) is 1.42. The summed E-state index contributed by atoms with van der Waals surface area (Å²) in [6.07, 6.45) is 1.37. The van der Waals surface area contributed by atoms with Crippen LogP contribution in [0, 0.1) is 17.7 Å². The van der Waals surface area contributed by atoms with Gasteiger partial charge in [-0.2, -0.15) is 0 Å². The molecule has 198 valence electrons. The highest BCUT2D eigenvalue weighted by Gasteiger charge is 2.63. The number of ketones is 2. The number of Topliss-reactive ketones (excluding diaryl/α,β-unsaturated/α-hetero) is 2. The maximum atomic E-state index is 15.8. The van der Waals surface area contributed by atoms with Crippen molar-refractivity contribution < 1.29 is 39.2 Å². The van der Waals surface area contributed by atoms with E-state index in [1.54, 1.807) is 18.9 Å². The van der Waals surface area contributed by atoms with Gasteiger partial charge in [0.25, 0.3) is 5.91 Å². The van der Waals surface area contributed by atoms with Crippen LogP contribution in [0.25, 0.3) is 0 Å². The lowest BCUT2D eigenvalue weighted by Gasteiger charge is -2.50. The summed E-state index contributed by atoms with van der Waals surface area (Å²) < 4.78 is 15.8. The number of amides is 1. The number of aliphatic hydroxyl groups is 3. The molecule has 1 aliphatic heterocycles. The quantitative estimate of drug-likeness (QED) is 0.321. The molecule has 0 saturated carbocycles. The molecule has 0 bridgehead atoms. The Morgan fingerprint density at radius 1 is 1.30 bits per heavy atom. The van der Waals surface area contributed by atoms with Crippen molar-refractivity contribution in [2.75, 3.05) is 20.1 Å². The molecule has 1 fully saturated rings. The first-order chi connectivity index (χ1) is 17.4. The zero-order valence-electron chi connectivity index (χ0n) is 20.5. The van der Waals surface area contributed by atoms with Crippen molar-refractivity contribution in [3.63, 3.8) is 0 Å². The van der Waals surface area contributed by atoms with E-state index in [4.69, 9.17) is 5.73 Å². The number of hydrogen-bond donors (Lipinski definition) is 6. The van der Waals surface area contributed by atoms with E-state index < -0.39 is 69.6 Å². The molecular weight excluding hydrogens is 485 g/mol. The van der Waals surface area contributed by atoms with Gasteiger partial charge < -0.3 is 31.5 Å². The maximum absolute atomic E-state index is 15.8. The van der Waals surface area contributed by atoms with E-state index in [0.717, 1.165) is 6.42 Å². The third-order valence-electron chi connectivity index (χ3n) is 8.54. The number of allylic oxidation sites excluding steroid dienone is 1. The van der Waals surface area contributed by atoms with Crippen LogP contribution in [0.3, 0.4) is 0 Å². The highest BCUT2D eigenvalue weighted by atomic mass is 19.1. The minimum Gasteiger partial charge on any atom is -0.510 e. The van der Waals surface area contributed by atoms with Gasteiger partial charge in [0.1, 0.15) is 28.7 Å². The van der Waals surface area contributed by atoms with Crippen LogP contribution >= 0.6 is 0 Å². The van der Waals surface area contributed by atoms with Gasteiger partial charge in [0.2, 0.25) is 5.78 Å². The molecule has 5 atom stereocenters. The Morgan fingerprint density at radius 2 is 2.00 bits per heavy atom. The highest BCUT2D eigenvalue weighted by molar-refractivity contribution is 6.24. The lowest BCUT2D eigenvalue weighted by atomic mass is 9.58. The van der Waals surface area contributed by atoms with Crippen LogP contribution in [0.4, 0.5) is 4.39 Å². The smallest absolute Gasteiger partial charge is 0.255 e. The number of halogens is 1. The Hall–Kier alpha value is -3.28. The van der Waals surface area contributed by atoms with Crippen molar-refractivity contribution in [3.05, 3.63) is 51.2 Å². The van der Waals surface area contributed by atoms with Gasteiger partial charge in [-0.1, -0.05) is 6.92 Å². The zero-order chi connectivity index (χ0) is 27.0. The number of likely N-dealkylation sites (N-methyl/N-ethyl adjacent to an activating group) is 1. The van der Waals surface area contributed by atoms with Crippen LogP contribution in [0.5, 0.6) is 5.75 Å². The summed E-state index contributed by atoms with van der Waals surface area (Å²) in [6.45, 7) is 2.80. The van der Waals surface area contributed by atoms with E-state index in [2.05, 4.69) is 5.32 Å². The topological polar surface area (TPSA) is 173 Å². The molecule has 7 N–H and O–H groups in total. The number of rotatable bonds is 4. The first kappa shape index (κ1) is 25.4. The number of nitrogens with zero attached hydrogens (tertiary/aromatic N) is 1. The van der Waals surface area contributed by atoms with Gasteiger partial charge in [-0.3, -0.25) is 19.3 Å². The molecule has 1 unspecified atom stereocenters. The largest absolute Gasteiger partial charge is 0.510 e. The number of fused-ring (bicyclic) bond motifs is 3. The van der Waals surface area contributed by atoms with Crippen LogP contribution in [0.2, 0.25) is 0 Å². The van der Waals surface area contributed by atoms with Gasteiger partial charge in [0.05, 0.1) is 11.6 Å². The monoisotopic (exact) mass is 515 g/mol. The maximum Gasteiger partial charge on any atom is 0.255 e. The Bertz CT molecular complexity index is 1300. The van der Waals surface area contributed by atoms with Crippen molar-refractivity contribution in [1.82, 2.24) is 10.2 Å². The average Bonchev–Trinajstić information content (AvgIpc) is 3.37. The molecular formula is C26H30FN3O7. The third-order valence-corrected chi connectivity index (χ3v) is 8.54. The highest BCUT2D eigenvalue weighted by Crippen LogP contribution is 2.53. The second-order valence-corrected chi connectivity index (χ2v) is 10.4. The molecule has 0 spiro atoms. The van der Waals surface area contributed by atoms with E-state index in [1.165, 1.54) is 6.07 Å². The molecule has 37 heavy (non-hydrogen) atoms. The van der Waals surface area contributed by atoms with Crippen molar-refractivity contribution in [3.8, 4) is 5.75 Å². The molecule has 1 aromatic rings. The predicted octanol–water partition coefficient (Wildman–Crippen LogP) is 1.07. The lowest BCUT2D eigenvalue weighted by molar-refractivity contribution is -0.148. The first-order valence-electron chi connectivity index (χ1n) is 12.4. The van der Waals surface area contributed by atoms with Crippen LogP contribution < -0.4 is 11.1 Å². The summed E-state index contributed by atoms with van der Waals surface area (Å²) in [5, 5.41) is 47.8. The molecule has 3 aliphatic carbocycles. The minimum absolute atomic E-state index is 0.0146. The number of aliphatic hydroxyl groups excluding tert-OH is 2. The number of nitrogens with one attached hydrogen (secondary N) is 1. The summed E-state index contributed by atoms with van der Waals surface area (Å²) in [6, 6.07) is -0.180. The van der Waals surface area contributed by atoms with E-state index in [0.29, 0.717) is 19.5 Å². The Kier molecular flexibility index (Phi) is 5.93. The summed E-state index contributed by atoms with van der Waals surface area (Å²) in [5.74, 6) is -8.09. The van der Waals surface area contributed by atoms with Gasteiger partial charge in [-0.05, 0) is 57.8 Å². The fraction of sp³-hybridized carbons (Fsp3) is 0.500. The molecule has 4 aliphatic rings. The number of phenolic OH excluding ortho intramolecular Hbond substituents is 1. The molecule has 11 heteroatoms. The van der Waals surface area contributed by atoms with E-state index in [9.17, 15) is 34.8 Å². The fourth-order valence-corrected chi connectivity index (χ4v) is 6.63. The number of carbonyl (C=O) groups excluding carboxylic acids is 3. The number of aromatic hydroxyl groups is 1. The minimum atomic E-state index is -2.72. The Labute approximate surface area is 212 Å². The second kappa shape index (κ2) is 8.64. The molecule has 1 heterocycles. The summed E-state index contributed by atoms with van der Waals surface area (Å²) in [7, 11) is 1.60. The summed E-state index contributed by atoms with van der Waals surface area (Å²) >= 11 is 0. The van der Waals surface area contributed by atoms with E-state index in [-0.39, 0.29) is 41.1 Å². The van der Waals surface area contributed by atoms with Gasteiger partial charge in [0.15, 0.2) is 11.4 Å². The van der Waals surface area contributed by atoms with Crippen molar-refractivity contribution >= 4 is 17.5 Å². The van der Waals surface area contributed by atoms with Gasteiger partial charge >= 0.3 is 0 Å². The number of phenols is 1. The van der Waals surface area contributed by atoms with Gasteiger partial charge in [-0.15, -0.1) is 0 Å². The van der Waals surface area contributed by atoms with Crippen molar-refractivity contribution in [2.24, 2.45) is 17.6 Å². The van der Waals surface area contributed by atoms with Crippen LogP contribution in [0.1, 0.15) is 53.7 Å². The summed E-state index contributed by atoms with van der Waals surface area (Å²) in [4.78, 5) is 40.6. The molecule has 0 aromatic heterocycles. The lowest BCUT2D eigenvalue weighted by Crippen LogP contribution is -2.64. The Morgan fingerprint density at radius 3 is 2.59 bits per heavy atom. The van der Waals surface area contributed by atoms with Crippen molar-refractivity contribution in [1.29, 1.82) is 0 Å². The molecule has 0 radical (unpaired) electrons. The SMILES string of the molecule is CCN(C)[C@@H]1C(O)=C(C(N)=O)C(=O)[C@@]2(O)C(O)=C3C(=O)c4c(O)cc(C5CCCN5)c(F)c4C[C@H]3C[C@@H]12. The second-order valence-electron chi connectivity index (χ2n) is 10.4. The first-order valence-corrected chi connectivity index (χ1v) is 12.4. The van der Waals surface area contributed by atoms with Gasteiger partial charge in [0, 0.05) is 28.7 Å². The van der Waals surface area contributed by atoms with Gasteiger partial charge in [-0.25, -0.2) is 4.39 Å². The number of primary amides is 1.